The van der Waals surface area contributed by atoms with Crippen LogP contribution < -0.4 is 10.0 Å². The molecule has 156 valence electrons. The molecule has 2 aromatic carbocycles. The highest BCUT2D eigenvalue weighted by molar-refractivity contribution is 8.00. The Labute approximate surface area is 176 Å². The van der Waals surface area contributed by atoms with Gasteiger partial charge in [-0.3, -0.25) is 4.79 Å². The smallest absolute Gasteiger partial charge is 0.255 e. The molecule has 0 unspecified atom stereocenters. The van der Waals surface area contributed by atoms with Gasteiger partial charge in [0.25, 0.3) is 5.91 Å². The van der Waals surface area contributed by atoms with Crippen LogP contribution in [-0.2, 0) is 14.8 Å². The monoisotopic (exact) mass is 434 g/mol. The van der Waals surface area contributed by atoms with E-state index in [9.17, 15) is 13.2 Å². The third-order valence-electron chi connectivity index (χ3n) is 4.72. The lowest BCUT2D eigenvalue weighted by atomic mass is 10.2. The Morgan fingerprint density at radius 2 is 1.86 bits per heavy atom. The number of hydrogen-bond donors (Lipinski definition) is 2. The zero-order valence-corrected chi connectivity index (χ0v) is 18.0. The number of thioether (sulfide) groups is 1. The molecule has 2 aromatic rings. The first-order valence-corrected chi connectivity index (χ1v) is 12.0. The van der Waals surface area contributed by atoms with Crippen LogP contribution in [0.4, 0.5) is 5.69 Å². The average molecular weight is 435 g/mol. The van der Waals surface area contributed by atoms with Crippen LogP contribution in [0.25, 0.3) is 0 Å². The molecule has 0 bridgehead atoms. The Balaban J connectivity index is 1.63. The summed E-state index contributed by atoms with van der Waals surface area (Å²) in [6.07, 6.45) is 5.15. The number of rotatable bonds is 9. The van der Waals surface area contributed by atoms with Crippen LogP contribution in [0.3, 0.4) is 0 Å². The molecule has 0 radical (unpaired) electrons. The summed E-state index contributed by atoms with van der Waals surface area (Å²) in [5.74, 6) is -0.352. The Bertz CT molecular complexity index is 924. The van der Waals surface area contributed by atoms with E-state index in [0.717, 1.165) is 0 Å². The number of hydrogen-bond acceptors (Lipinski definition) is 5. The van der Waals surface area contributed by atoms with Crippen LogP contribution in [-0.4, -0.2) is 39.8 Å². The molecule has 0 aliphatic heterocycles. The van der Waals surface area contributed by atoms with Crippen molar-refractivity contribution in [3.05, 3.63) is 54.1 Å². The zero-order chi connectivity index (χ0) is 20.7. The van der Waals surface area contributed by atoms with Gasteiger partial charge in [0.2, 0.25) is 10.0 Å². The summed E-state index contributed by atoms with van der Waals surface area (Å²) < 4.78 is 31.9. The van der Waals surface area contributed by atoms with Gasteiger partial charge in [-0.15, -0.1) is 11.8 Å². The SMILES string of the molecule is COCCNS(=O)(=O)c1cccc(C(=O)Nc2ccc(SC3CCCC3)cc2)c1. The lowest BCUT2D eigenvalue weighted by molar-refractivity contribution is 0.102. The lowest BCUT2D eigenvalue weighted by Gasteiger charge is -2.11. The number of ether oxygens (including phenoxy) is 1. The number of carbonyl (C=O) groups excluding carboxylic acids is 1. The molecule has 1 saturated carbocycles. The topological polar surface area (TPSA) is 84.5 Å². The minimum atomic E-state index is -3.69. The highest BCUT2D eigenvalue weighted by atomic mass is 32.2. The molecule has 0 heterocycles. The van der Waals surface area contributed by atoms with E-state index in [2.05, 4.69) is 10.0 Å². The van der Waals surface area contributed by atoms with Crippen LogP contribution in [0.15, 0.2) is 58.3 Å². The number of anilines is 1. The molecule has 0 spiro atoms. The molecule has 6 nitrogen and oxygen atoms in total. The minimum absolute atomic E-state index is 0.0459. The van der Waals surface area contributed by atoms with Crippen LogP contribution in [0.2, 0.25) is 0 Å². The van der Waals surface area contributed by atoms with Crippen molar-refractivity contribution in [2.75, 3.05) is 25.6 Å². The molecule has 8 heteroatoms. The maximum absolute atomic E-state index is 12.6. The van der Waals surface area contributed by atoms with Gasteiger partial charge in [-0.05, 0) is 55.3 Å². The first kappa shape index (κ1) is 21.8. The van der Waals surface area contributed by atoms with E-state index in [4.69, 9.17) is 4.74 Å². The number of benzene rings is 2. The Hall–Kier alpha value is -1.87. The van der Waals surface area contributed by atoms with Gasteiger partial charge in [0.1, 0.15) is 0 Å². The van der Waals surface area contributed by atoms with Crippen LogP contribution in [0, 0.1) is 0 Å². The number of methoxy groups -OCH3 is 1. The van der Waals surface area contributed by atoms with Crippen molar-refractivity contribution in [2.24, 2.45) is 0 Å². The zero-order valence-electron chi connectivity index (χ0n) is 16.4. The molecule has 0 atom stereocenters. The van der Waals surface area contributed by atoms with Gasteiger partial charge in [0.05, 0.1) is 11.5 Å². The summed E-state index contributed by atoms with van der Waals surface area (Å²) in [6, 6.07) is 13.8. The summed E-state index contributed by atoms with van der Waals surface area (Å²) in [6.45, 7) is 0.439. The average Bonchev–Trinajstić information content (AvgIpc) is 3.23. The summed E-state index contributed by atoms with van der Waals surface area (Å²) >= 11 is 1.89. The first-order chi connectivity index (χ1) is 14.0. The Morgan fingerprint density at radius 3 is 2.55 bits per heavy atom. The van der Waals surface area contributed by atoms with E-state index in [0.29, 0.717) is 10.9 Å². The number of nitrogens with one attached hydrogen (secondary N) is 2. The molecular weight excluding hydrogens is 408 g/mol. The predicted molar refractivity (Wildman–Crippen MR) is 116 cm³/mol. The summed E-state index contributed by atoms with van der Waals surface area (Å²) in [7, 11) is -2.19. The summed E-state index contributed by atoms with van der Waals surface area (Å²) in [5, 5.41) is 3.52. The van der Waals surface area contributed by atoms with Crippen molar-refractivity contribution in [1.29, 1.82) is 0 Å². The van der Waals surface area contributed by atoms with Crippen LogP contribution in [0.5, 0.6) is 0 Å². The van der Waals surface area contributed by atoms with Gasteiger partial charge in [-0.2, -0.15) is 0 Å². The second kappa shape index (κ2) is 10.2. The summed E-state index contributed by atoms with van der Waals surface area (Å²) in [5.41, 5.74) is 0.960. The molecule has 3 rings (SSSR count). The maximum atomic E-state index is 12.6. The second-order valence-electron chi connectivity index (χ2n) is 6.92. The van der Waals surface area contributed by atoms with Crippen molar-refractivity contribution in [2.45, 2.75) is 40.7 Å². The minimum Gasteiger partial charge on any atom is -0.383 e. The fourth-order valence-electron chi connectivity index (χ4n) is 3.18. The molecular formula is C21H26N2O4S2. The third-order valence-corrected chi connectivity index (χ3v) is 7.53. The van der Waals surface area contributed by atoms with Crippen molar-refractivity contribution in [3.8, 4) is 0 Å². The quantitative estimate of drug-likeness (QED) is 0.585. The van der Waals surface area contributed by atoms with E-state index in [-0.39, 0.29) is 29.5 Å². The first-order valence-electron chi connectivity index (χ1n) is 9.65. The second-order valence-corrected chi connectivity index (χ2v) is 10.1. The number of sulfonamides is 1. The van der Waals surface area contributed by atoms with Gasteiger partial charge < -0.3 is 10.1 Å². The van der Waals surface area contributed by atoms with Crippen LogP contribution >= 0.6 is 11.8 Å². The molecule has 0 aromatic heterocycles. The highest BCUT2D eigenvalue weighted by Crippen LogP contribution is 2.35. The van der Waals surface area contributed by atoms with Gasteiger partial charge in [0, 0.05) is 35.1 Å². The molecule has 2 N–H and O–H groups in total. The van der Waals surface area contributed by atoms with Crippen molar-refractivity contribution >= 4 is 33.4 Å². The predicted octanol–water partition coefficient (Wildman–Crippen LogP) is 3.90. The van der Waals surface area contributed by atoms with Gasteiger partial charge in [-0.25, -0.2) is 13.1 Å². The maximum Gasteiger partial charge on any atom is 0.255 e. The number of amides is 1. The van der Waals surface area contributed by atoms with E-state index in [1.165, 1.54) is 49.8 Å². The fraction of sp³-hybridized carbons (Fsp3) is 0.381. The lowest BCUT2D eigenvalue weighted by Crippen LogP contribution is -2.27. The van der Waals surface area contributed by atoms with Crippen LogP contribution in [0.1, 0.15) is 36.0 Å². The standard InChI is InChI=1S/C21H26N2O4S2/c1-27-14-13-22-29(25,26)20-8-4-5-16(15-20)21(24)23-17-9-11-19(12-10-17)28-18-6-2-3-7-18/h4-5,8-12,15,18,22H,2-3,6-7,13-14H2,1H3,(H,23,24). The van der Waals surface area contributed by atoms with E-state index >= 15 is 0 Å². The van der Waals surface area contributed by atoms with Gasteiger partial charge >= 0.3 is 0 Å². The van der Waals surface area contributed by atoms with E-state index in [1.807, 2.05) is 36.0 Å². The molecule has 0 saturated heterocycles. The Kier molecular flexibility index (Phi) is 7.71. The molecule has 29 heavy (non-hydrogen) atoms. The normalized spacial score (nSPS) is 14.8. The van der Waals surface area contributed by atoms with E-state index < -0.39 is 10.0 Å². The van der Waals surface area contributed by atoms with Crippen molar-refractivity contribution < 1.29 is 17.9 Å². The Morgan fingerprint density at radius 1 is 1.14 bits per heavy atom. The van der Waals surface area contributed by atoms with Gasteiger partial charge in [-0.1, -0.05) is 18.9 Å². The molecule has 1 fully saturated rings. The summed E-state index contributed by atoms with van der Waals surface area (Å²) in [4.78, 5) is 13.8. The fourth-order valence-corrected chi connectivity index (χ4v) is 5.49. The molecule has 1 aliphatic carbocycles. The van der Waals surface area contributed by atoms with E-state index in [1.54, 1.807) is 12.1 Å². The van der Waals surface area contributed by atoms with Crippen molar-refractivity contribution in [1.82, 2.24) is 4.72 Å². The number of carbonyl (C=O) groups is 1. The molecule has 1 aliphatic rings. The molecule has 1 amide bonds. The third kappa shape index (κ3) is 6.30. The van der Waals surface area contributed by atoms with Gasteiger partial charge in [0.15, 0.2) is 0 Å². The van der Waals surface area contributed by atoms with Crippen molar-refractivity contribution in [3.63, 3.8) is 0 Å². The largest absolute Gasteiger partial charge is 0.383 e. The highest BCUT2D eigenvalue weighted by Gasteiger charge is 2.17.